The number of hydrogen-bond acceptors (Lipinski definition) is 6. The number of furan rings is 1. The third-order valence-electron chi connectivity index (χ3n) is 3.62. The largest absolute Gasteiger partial charge is 0.468 e. The van der Waals surface area contributed by atoms with Gasteiger partial charge in [-0.2, -0.15) is 0 Å². The third kappa shape index (κ3) is 5.56. The fourth-order valence-corrected chi connectivity index (χ4v) is 3.95. The number of amides is 2. The Morgan fingerprint density at radius 2 is 1.81 bits per heavy atom. The quantitative estimate of drug-likeness (QED) is 0.497. The van der Waals surface area contributed by atoms with Gasteiger partial charge < -0.3 is 19.8 Å². The molecule has 0 unspecified atom stereocenters. The minimum atomic E-state index is -3.90. The maximum atomic E-state index is 13.0. The van der Waals surface area contributed by atoms with Crippen LogP contribution in [0.15, 0.2) is 52.0 Å². The summed E-state index contributed by atoms with van der Waals surface area (Å²) in [5, 5.41) is 3.87. The molecule has 0 radical (unpaired) electrons. The van der Waals surface area contributed by atoms with Crippen molar-refractivity contribution in [3.05, 3.63) is 53.4 Å². The van der Waals surface area contributed by atoms with Crippen molar-refractivity contribution in [1.29, 1.82) is 0 Å². The van der Waals surface area contributed by atoms with Crippen molar-refractivity contribution in [1.82, 2.24) is 10.6 Å². The molecule has 27 heavy (non-hydrogen) atoms. The van der Waals surface area contributed by atoms with Crippen LogP contribution in [0.4, 0.5) is 0 Å². The molecule has 0 saturated carbocycles. The molecule has 0 aliphatic rings. The number of rotatable bonds is 8. The van der Waals surface area contributed by atoms with Gasteiger partial charge in [-0.05, 0) is 36.4 Å². The van der Waals surface area contributed by atoms with Crippen molar-refractivity contribution in [3.8, 4) is 0 Å². The minimum absolute atomic E-state index is 0.0205. The van der Waals surface area contributed by atoms with Gasteiger partial charge in [0.2, 0.25) is 0 Å². The number of halogens is 1. The summed E-state index contributed by atoms with van der Waals surface area (Å²) in [4.78, 5) is 23.6. The van der Waals surface area contributed by atoms with E-state index in [0.717, 1.165) is 0 Å². The van der Waals surface area contributed by atoms with Gasteiger partial charge in [-0.1, -0.05) is 11.6 Å². The van der Waals surface area contributed by atoms with E-state index in [-0.39, 0.29) is 30.4 Å². The molecule has 0 saturated heterocycles. The molecule has 146 valence electrons. The first kappa shape index (κ1) is 20.9. The fraction of sp³-hybridized carbons (Fsp3) is 0.294. The predicted octanol–water partition coefficient (Wildman–Crippen LogP) is 1.33. The summed E-state index contributed by atoms with van der Waals surface area (Å²) < 4.78 is 35.9. The van der Waals surface area contributed by atoms with E-state index in [4.69, 9.17) is 20.8 Å². The number of benzene rings is 1. The van der Waals surface area contributed by atoms with Crippen LogP contribution in [-0.2, 0) is 24.2 Å². The number of hydrogen-bond donors (Lipinski definition) is 2. The third-order valence-corrected chi connectivity index (χ3v) is 5.95. The molecule has 0 aliphatic heterocycles. The first-order valence-electron chi connectivity index (χ1n) is 7.94. The van der Waals surface area contributed by atoms with Crippen LogP contribution in [0, 0.1) is 0 Å². The number of methoxy groups -OCH3 is 1. The van der Waals surface area contributed by atoms with Crippen molar-refractivity contribution in [3.63, 3.8) is 0 Å². The lowest BCUT2D eigenvalue weighted by molar-refractivity contribution is -0.139. The first-order valence-corrected chi connectivity index (χ1v) is 9.86. The number of carbonyl (C=O) groups excluding carboxylic acids is 2. The summed E-state index contributed by atoms with van der Waals surface area (Å²) in [5.74, 6) is -1.69. The van der Waals surface area contributed by atoms with Crippen LogP contribution in [0.2, 0.25) is 5.02 Å². The zero-order valence-corrected chi connectivity index (χ0v) is 16.0. The molecule has 2 rings (SSSR count). The van der Waals surface area contributed by atoms with E-state index in [1.807, 2.05) is 0 Å². The zero-order chi connectivity index (χ0) is 19.9. The van der Waals surface area contributed by atoms with Crippen molar-refractivity contribution in [2.24, 2.45) is 0 Å². The van der Waals surface area contributed by atoms with E-state index in [0.29, 0.717) is 5.02 Å². The minimum Gasteiger partial charge on any atom is -0.468 e. The summed E-state index contributed by atoms with van der Waals surface area (Å²) in [5.41, 5.74) is 0. The second-order valence-electron chi connectivity index (χ2n) is 5.46. The molecule has 0 spiro atoms. The van der Waals surface area contributed by atoms with Gasteiger partial charge in [0.05, 0.1) is 17.8 Å². The molecule has 1 aromatic heterocycles. The van der Waals surface area contributed by atoms with E-state index < -0.39 is 26.9 Å². The summed E-state index contributed by atoms with van der Waals surface area (Å²) in [6, 6.07) is 8.67. The standard InChI is InChI=1S/C17H19ClN2O6S/c1-25-10-8-19-16(21)17(22)20-11-15(14-3-2-9-26-14)27(23,24)13-6-4-12(18)5-7-13/h2-7,9,15H,8,10-11H2,1H3,(H,19,21)(H,20,22)/t15-/m1/s1. The molecule has 1 heterocycles. The molecule has 1 atom stereocenters. The Balaban J connectivity index is 2.15. The number of ether oxygens (including phenoxy) is 1. The van der Waals surface area contributed by atoms with Gasteiger partial charge in [-0.25, -0.2) is 8.42 Å². The molecule has 2 N–H and O–H groups in total. The first-order chi connectivity index (χ1) is 12.9. The highest BCUT2D eigenvalue weighted by Crippen LogP contribution is 2.29. The van der Waals surface area contributed by atoms with Crippen LogP contribution in [0.3, 0.4) is 0 Å². The van der Waals surface area contributed by atoms with Crippen LogP contribution in [0.1, 0.15) is 11.0 Å². The Hall–Kier alpha value is -2.36. The summed E-state index contributed by atoms with van der Waals surface area (Å²) >= 11 is 5.81. The van der Waals surface area contributed by atoms with Gasteiger partial charge in [0.15, 0.2) is 9.84 Å². The summed E-state index contributed by atoms with van der Waals surface area (Å²) in [6.45, 7) is 0.0709. The lowest BCUT2D eigenvalue weighted by atomic mass is 10.3. The van der Waals surface area contributed by atoms with Crippen LogP contribution < -0.4 is 10.6 Å². The number of nitrogens with one attached hydrogen (secondary N) is 2. The lowest BCUT2D eigenvalue weighted by Gasteiger charge is -2.16. The molecule has 2 aromatic rings. The smallest absolute Gasteiger partial charge is 0.309 e. The SMILES string of the molecule is COCCNC(=O)C(=O)NC[C@H](c1ccco1)S(=O)(=O)c1ccc(Cl)cc1. The molecule has 2 amide bonds. The van der Waals surface area contributed by atoms with Gasteiger partial charge in [0.25, 0.3) is 0 Å². The van der Waals surface area contributed by atoms with Crippen molar-refractivity contribution in [2.75, 3.05) is 26.8 Å². The van der Waals surface area contributed by atoms with Crippen LogP contribution in [-0.4, -0.2) is 47.0 Å². The van der Waals surface area contributed by atoms with Gasteiger partial charge in [-0.3, -0.25) is 9.59 Å². The Labute approximate surface area is 161 Å². The Kier molecular flexibility index (Phi) is 7.40. The molecule has 8 nitrogen and oxygen atoms in total. The Morgan fingerprint density at radius 3 is 2.41 bits per heavy atom. The number of carbonyl (C=O) groups is 2. The highest BCUT2D eigenvalue weighted by atomic mass is 35.5. The predicted molar refractivity (Wildman–Crippen MR) is 98.0 cm³/mol. The summed E-state index contributed by atoms with van der Waals surface area (Å²) in [6.07, 6.45) is 1.33. The van der Waals surface area contributed by atoms with Crippen LogP contribution in [0.5, 0.6) is 0 Å². The molecular weight excluding hydrogens is 396 g/mol. The average Bonchev–Trinajstić information content (AvgIpc) is 3.16. The molecule has 0 aliphatic carbocycles. The second kappa shape index (κ2) is 9.54. The molecule has 1 aromatic carbocycles. The summed E-state index contributed by atoms with van der Waals surface area (Å²) in [7, 11) is -2.44. The average molecular weight is 415 g/mol. The maximum Gasteiger partial charge on any atom is 0.309 e. The monoisotopic (exact) mass is 414 g/mol. The molecule has 0 bridgehead atoms. The topological polar surface area (TPSA) is 115 Å². The van der Waals surface area contributed by atoms with Gasteiger partial charge in [0, 0.05) is 25.2 Å². The zero-order valence-electron chi connectivity index (χ0n) is 14.5. The van der Waals surface area contributed by atoms with E-state index in [9.17, 15) is 18.0 Å². The highest BCUT2D eigenvalue weighted by Gasteiger charge is 2.32. The van der Waals surface area contributed by atoms with Crippen LogP contribution in [0.25, 0.3) is 0 Å². The molecule has 0 fully saturated rings. The van der Waals surface area contributed by atoms with E-state index in [1.165, 1.54) is 43.7 Å². The highest BCUT2D eigenvalue weighted by molar-refractivity contribution is 7.91. The molecule has 10 heteroatoms. The van der Waals surface area contributed by atoms with Crippen molar-refractivity contribution < 1.29 is 27.2 Å². The second-order valence-corrected chi connectivity index (χ2v) is 8.03. The number of sulfone groups is 1. The Bertz CT molecular complexity index is 865. The lowest BCUT2D eigenvalue weighted by Crippen LogP contribution is -2.43. The van der Waals surface area contributed by atoms with E-state index >= 15 is 0 Å². The van der Waals surface area contributed by atoms with Crippen LogP contribution >= 0.6 is 11.6 Å². The van der Waals surface area contributed by atoms with E-state index in [2.05, 4.69) is 10.6 Å². The van der Waals surface area contributed by atoms with Gasteiger partial charge in [0.1, 0.15) is 11.0 Å². The van der Waals surface area contributed by atoms with E-state index in [1.54, 1.807) is 6.07 Å². The molecular formula is C17H19ClN2O6S. The van der Waals surface area contributed by atoms with Gasteiger partial charge >= 0.3 is 11.8 Å². The maximum absolute atomic E-state index is 13.0. The van der Waals surface area contributed by atoms with Crippen molar-refractivity contribution >= 4 is 33.3 Å². The van der Waals surface area contributed by atoms with Gasteiger partial charge in [-0.15, -0.1) is 0 Å². The normalized spacial score (nSPS) is 12.4. The fourth-order valence-electron chi connectivity index (χ4n) is 2.24. The van der Waals surface area contributed by atoms with Crippen molar-refractivity contribution in [2.45, 2.75) is 10.1 Å². The Morgan fingerprint density at radius 1 is 1.15 bits per heavy atom.